The van der Waals surface area contributed by atoms with Crippen molar-refractivity contribution in [3.05, 3.63) is 76.1 Å². The standard InChI is InChI=1S/C20H12F3NO3S2.C2H6/c21-20(22,23)18(26)16-10-24-19(29-16)28-12-6-7-13-14(11-4-2-1-3-5-11)9-17(25)27-15(13)8-12;1-2/h1-10,18,26H;1-2H3. The zero-order chi connectivity index (χ0) is 22.6. The summed E-state index contributed by atoms with van der Waals surface area (Å²) in [6, 6.07) is 16.0. The summed E-state index contributed by atoms with van der Waals surface area (Å²) in [5.41, 5.74) is 1.48. The van der Waals surface area contributed by atoms with Crippen molar-refractivity contribution >= 4 is 34.1 Å². The van der Waals surface area contributed by atoms with E-state index in [0.717, 1.165) is 45.8 Å². The molecule has 1 N–H and O–H groups in total. The van der Waals surface area contributed by atoms with Gasteiger partial charge in [0, 0.05) is 22.5 Å². The highest BCUT2D eigenvalue weighted by atomic mass is 32.2. The third kappa shape index (κ3) is 5.36. The maximum absolute atomic E-state index is 12.6. The Bertz CT molecular complexity index is 1220. The lowest BCUT2D eigenvalue weighted by atomic mass is 10.0. The van der Waals surface area contributed by atoms with Crippen LogP contribution in [0, 0.1) is 0 Å². The second kappa shape index (κ2) is 9.67. The number of halogens is 3. The van der Waals surface area contributed by atoms with Gasteiger partial charge >= 0.3 is 11.8 Å². The molecule has 0 spiro atoms. The quantitative estimate of drug-likeness (QED) is 0.340. The molecule has 0 aliphatic rings. The van der Waals surface area contributed by atoms with Gasteiger partial charge in [-0.3, -0.25) is 0 Å². The highest BCUT2D eigenvalue weighted by molar-refractivity contribution is 8.01. The molecule has 0 saturated heterocycles. The van der Waals surface area contributed by atoms with Crippen molar-refractivity contribution in [3.8, 4) is 11.1 Å². The molecule has 0 saturated carbocycles. The molecule has 1 atom stereocenters. The lowest BCUT2D eigenvalue weighted by Crippen LogP contribution is -2.18. The van der Waals surface area contributed by atoms with Crippen LogP contribution in [0.5, 0.6) is 0 Å². The van der Waals surface area contributed by atoms with E-state index in [9.17, 15) is 23.1 Å². The van der Waals surface area contributed by atoms with Crippen LogP contribution in [0.4, 0.5) is 13.2 Å². The summed E-state index contributed by atoms with van der Waals surface area (Å²) in [7, 11) is 0. The summed E-state index contributed by atoms with van der Waals surface area (Å²) in [5.74, 6) is 0. The summed E-state index contributed by atoms with van der Waals surface area (Å²) >= 11 is 1.89. The van der Waals surface area contributed by atoms with Gasteiger partial charge in [0.1, 0.15) is 5.58 Å². The van der Waals surface area contributed by atoms with Crippen LogP contribution < -0.4 is 5.63 Å². The lowest BCUT2D eigenvalue weighted by Gasteiger charge is -2.11. The maximum Gasteiger partial charge on any atom is 0.419 e. The molecular formula is C22H18F3NO3S2. The Kier molecular flexibility index (Phi) is 7.19. The van der Waals surface area contributed by atoms with Gasteiger partial charge in [-0.2, -0.15) is 13.2 Å². The summed E-state index contributed by atoms with van der Waals surface area (Å²) in [6.07, 6.45) is -6.29. The minimum atomic E-state index is -4.74. The molecule has 0 aliphatic heterocycles. The number of aliphatic hydroxyl groups is 1. The first-order valence-corrected chi connectivity index (χ1v) is 11.0. The number of rotatable bonds is 4. The topological polar surface area (TPSA) is 63.3 Å². The van der Waals surface area contributed by atoms with Crippen molar-refractivity contribution in [2.45, 2.75) is 35.4 Å². The first-order chi connectivity index (χ1) is 14.8. The Morgan fingerprint density at radius 3 is 2.48 bits per heavy atom. The van der Waals surface area contributed by atoms with Gasteiger partial charge in [-0.25, -0.2) is 9.78 Å². The Hall–Kier alpha value is -2.62. The number of thiazole rings is 1. The van der Waals surface area contributed by atoms with Crippen molar-refractivity contribution in [1.82, 2.24) is 4.98 Å². The van der Waals surface area contributed by atoms with Gasteiger partial charge in [-0.1, -0.05) is 55.9 Å². The Labute approximate surface area is 184 Å². The van der Waals surface area contributed by atoms with Gasteiger partial charge in [-0.05, 0) is 29.3 Å². The van der Waals surface area contributed by atoms with E-state index in [1.165, 1.54) is 6.07 Å². The molecule has 0 bridgehead atoms. The molecule has 0 fully saturated rings. The fraction of sp³-hybridized carbons (Fsp3) is 0.182. The van der Waals surface area contributed by atoms with Crippen LogP contribution in [-0.4, -0.2) is 16.3 Å². The Morgan fingerprint density at radius 1 is 1.10 bits per heavy atom. The maximum atomic E-state index is 12.6. The molecule has 2 aromatic heterocycles. The molecule has 2 heterocycles. The van der Waals surface area contributed by atoms with E-state index in [-0.39, 0.29) is 4.88 Å². The van der Waals surface area contributed by atoms with Crippen LogP contribution in [0.15, 0.2) is 79.2 Å². The van der Waals surface area contributed by atoms with Crippen molar-refractivity contribution in [2.75, 3.05) is 0 Å². The summed E-state index contributed by atoms with van der Waals surface area (Å²) in [4.78, 5) is 16.3. The molecule has 4 aromatic rings. The van der Waals surface area contributed by atoms with Gasteiger partial charge < -0.3 is 9.52 Å². The molecule has 9 heteroatoms. The number of benzene rings is 2. The summed E-state index contributed by atoms with van der Waals surface area (Å²) < 4.78 is 43.6. The molecule has 2 aromatic carbocycles. The first-order valence-electron chi connectivity index (χ1n) is 9.33. The number of alkyl halides is 3. The van der Waals surface area contributed by atoms with Gasteiger partial charge in [0.2, 0.25) is 0 Å². The average Bonchev–Trinajstić information content (AvgIpc) is 3.22. The molecule has 0 amide bonds. The van der Waals surface area contributed by atoms with Crippen molar-refractivity contribution in [3.63, 3.8) is 0 Å². The zero-order valence-electron chi connectivity index (χ0n) is 16.5. The molecule has 4 nitrogen and oxygen atoms in total. The average molecular weight is 466 g/mol. The molecule has 162 valence electrons. The minimum absolute atomic E-state index is 0.279. The van der Waals surface area contributed by atoms with E-state index in [1.54, 1.807) is 18.2 Å². The van der Waals surface area contributed by atoms with Crippen LogP contribution in [-0.2, 0) is 0 Å². The van der Waals surface area contributed by atoms with Gasteiger partial charge in [0.15, 0.2) is 10.4 Å². The Balaban J connectivity index is 0.00000132. The van der Waals surface area contributed by atoms with Crippen molar-refractivity contribution in [1.29, 1.82) is 0 Å². The number of fused-ring (bicyclic) bond motifs is 1. The van der Waals surface area contributed by atoms with E-state index >= 15 is 0 Å². The molecule has 31 heavy (non-hydrogen) atoms. The summed E-state index contributed by atoms with van der Waals surface area (Å²) in [6.45, 7) is 4.00. The highest BCUT2D eigenvalue weighted by Gasteiger charge is 2.40. The molecular weight excluding hydrogens is 447 g/mol. The largest absolute Gasteiger partial charge is 0.423 e. The molecule has 0 aliphatic carbocycles. The predicted molar refractivity (Wildman–Crippen MR) is 117 cm³/mol. The number of aromatic nitrogens is 1. The van der Waals surface area contributed by atoms with Crippen LogP contribution >= 0.6 is 23.1 Å². The van der Waals surface area contributed by atoms with E-state index in [1.807, 2.05) is 44.2 Å². The van der Waals surface area contributed by atoms with Crippen LogP contribution in [0.2, 0.25) is 0 Å². The predicted octanol–water partition coefficient (Wildman–Crippen LogP) is 6.69. The van der Waals surface area contributed by atoms with Crippen LogP contribution in [0.3, 0.4) is 0 Å². The SMILES string of the molecule is CC.O=c1cc(-c2ccccc2)c2ccc(Sc3ncc(C(O)C(F)(F)F)s3)cc2o1. The van der Waals surface area contributed by atoms with Crippen LogP contribution in [0.1, 0.15) is 24.8 Å². The smallest absolute Gasteiger partial charge is 0.419 e. The van der Waals surface area contributed by atoms with Crippen molar-refractivity contribution < 1.29 is 22.7 Å². The third-order valence-corrected chi connectivity index (χ3v) is 6.20. The van der Waals surface area contributed by atoms with E-state index in [0.29, 0.717) is 14.8 Å². The van der Waals surface area contributed by atoms with Gasteiger partial charge in [0.25, 0.3) is 0 Å². The zero-order valence-corrected chi connectivity index (χ0v) is 18.1. The number of hydrogen-bond acceptors (Lipinski definition) is 6. The van der Waals surface area contributed by atoms with Gasteiger partial charge in [-0.15, -0.1) is 11.3 Å². The van der Waals surface area contributed by atoms with Crippen LogP contribution in [0.25, 0.3) is 22.1 Å². The lowest BCUT2D eigenvalue weighted by molar-refractivity contribution is -0.205. The molecule has 0 radical (unpaired) electrons. The summed E-state index contributed by atoms with van der Waals surface area (Å²) in [5, 5.41) is 10.1. The number of aliphatic hydroxyl groups excluding tert-OH is 1. The fourth-order valence-corrected chi connectivity index (χ4v) is 4.78. The number of nitrogens with zero attached hydrogens (tertiary/aromatic N) is 1. The van der Waals surface area contributed by atoms with Gasteiger partial charge in [0.05, 0.1) is 4.88 Å². The normalized spacial score (nSPS) is 12.3. The Morgan fingerprint density at radius 2 is 1.81 bits per heavy atom. The van der Waals surface area contributed by atoms with E-state index in [4.69, 9.17) is 4.42 Å². The fourth-order valence-electron chi connectivity index (χ4n) is 2.77. The van der Waals surface area contributed by atoms with E-state index in [2.05, 4.69) is 4.98 Å². The molecule has 1 unspecified atom stereocenters. The van der Waals surface area contributed by atoms with Crippen molar-refractivity contribution in [2.24, 2.45) is 0 Å². The van der Waals surface area contributed by atoms with E-state index < -0.39 is 17.9 Å². The molecule has 4 rings (SSSR count). The first kappa shape index (κ1) is 23.1. The monoisotopic (exact) mass is 465 g/mol. The highest BCUT2D eigenvalue weighted by Crippen LogP contribution is 2.39. The number of hydrogen-bond donors (Lipinski definition) is 1. The second-order valence-corrected chi connectivity index (χ2v) is 8.46. The second-order valence-electron chi connectivity index (χ2n) is 6.08. The third-order valence-electron chi connectivity index (χ3n) is 4.09. The minimum Gasteiger partial charge on any atom is -0.423 e.